The lowest BCUT2D eigenvalue weighted by Crippen LogP contribution is -2.22. The summed E-state index contributed by atoms with van der Waals surface area (Å²) in [4.78, 5) is 18.1. The Hall–Kier alpha value is -3.87. The Bertz CT molecular complexity index is 1290. The summed E-state index contributed by atoms with van der Waals surface area (Å²) < 4.78 is 7.90. The molecule has 4 aromatic rings. The van der Waals surface area contributed by atoms with Crippen LogP contribution in [-0.4, -0.2) is 27.2 Å². The van der Waals surface area contributed by atoms with Crippen molar-refractivity contribution < 1.29 is 9.57 Å². The third-order valence-electron chi connectivity index (χ3n) is 4.90. The van der Waals surface area contributed by atoms with Crippen molar-refractivity contribution in [1.29, 1.82) is 0 Å². The Balaban J connectivity index is 1.58. The summed E-state index contributed by atoms with van der Waals surface area (Å²) in [5.74, 6) is 0. The number of fused-ring (bicyclic) bond motifs is 1. The van der Waals surface area contributed by atoms with E-state index in [9.17, 15) is 4.79 Å². The van der Waals surface area contributed by atoms with Crippen molar-refractivity contribution in [1.82, 2.24) is 14.3 Å². The van der Waals surface area contributed by atoms with E-state index in [1.54, 1.807) is 7.05 Å². The fourth-order valence-corrected chi connectivity index (χ4v) is 3.30. The van der Waals surface area contributed by atoms with Gasteiger partial charge < -0.3 is 9.57 Å². The molecule has 0 atom stereocenters. The lowest BCUT2D eigenvalue weighted by molar-refractivity contribution is 0.130. The summed E-state index contributed by atoms with van der Waals surface area (Å²) in [6.07, 6.45) is 0. The van der Waals surface area contributed by atoms with Crippen LogP contribution in [0.15, 0.2) is 76.7 Å². The van der Waals surface area contributed by atoms with E-state index in [1.165, 1.54) is 21.7 Å². The first-order valence-corrected chi connectivity index (χ1v) is 9.52. The van der Waals surface area contributed by atoms with Crippen LogP contribution in [0.25, 0.3) is 16.5 Å². The quantitative estimate of drug-likeness (QED) is 0.364. The third-order valence-corrected chi connectivity index (χ3v) is 4.90. The molecular weight excluding hydrogens is 380 g/mol. The Morgan fingerprint density at radius 2 is 1.77 bits per heavy atom. The lowest BCUT2D eigenvalue weighted by Gasteiger charge is -2.10. The fourth-order valence-electron chi connectivity index (χ4n) is 3.30. The first-order chi connectivity index (χ1) is 14.6. The molecule has 0 aliphatic carbocycles. The first kappa shape index (κ1) is 19.4. The molecule has 0 bridgehead atoms. The normalized spacial score (nSPS) is 11.6. The highest BCUT2D eigenvalue weighted by Crippen LogP contribution is 2.19. The molecule has 3 aromatic carbocycles. The van der Waals surface area contributed by atoms with E-state index in [0.29, 0.717) is 5.69 Å². The predicted molar refractivity (Wildman–Crippen MR) is 116 cm³/mol. The topological polar surface area (TPSA) is 70.6 Å². The second-order valence-electron chi connectivity index (χ2n) is 6.87. The van der Waals surface area contributed by atoms with E-state index in [-0.39, 0.29) is 18.3 Å². The van der Waals surface area contributed by atoms with Crippen molar-refractivity contribution in [3.8, 4) is 11.7 Å². The molecule has 0 amide bonds. The van der Waals surface area contributed by atoms with Gasteiger partial charge in [0.1, 0.15) is 6.61 Å². The molecule has 30 heavy (non-hydrogen) atoms. The summed E-state index contributed by atoms with van der Waals surface area (Å²) in [7, 11) is 3.06. The van der Waals surface area contributed by atoms with Crippen molar-refractivity contribution in [3.63, 3.8) is 0 Å². The number of rotatable bonds is 6. The molecule has 0 saturated heterocycles. The highest BCUT2D eigenvalue weighted by Gasteiger charge is 2.16. The molecule has 0 unspecified atom stereocenters. The Morgan fingerprint density at radius 1 is 1.03 bits per heavy atom. The molecule has 0 N–H and O–H groups in total. The van der Waals surface area contributed by atoms with Crippen LogP contribution in [0.2, 0.25) is 0 Å². The average Bonchev–Trinajstić information content (AvgIpc) is 3.07. The van der Waals surface area contributed by atoms with E-state index >= 15 is 0 Å². The van der Waals surface area contributed by atoms with Gasteiger partial charge in [0.2, 0.25) is 0 Å². The minimum atomic E-state index is -0.296. The summed E-state index contributed by atoms with van der Waals surface area (Å²) in [5, 5.41) is 10.7. The van der Waals surface area contributed by atoms with Crippen LogP contribution in [0.4, 0.5) is 0 Å². The number of benzene rings is 3. The van der Waals surface area contributed by atoms with Gasteiger partial charge in [-0.1, -0.05) is 59.8 Å². The van der Waals surface area contributed by atoms with Gasteiger partial charge in [-0.25, -0.2) is 14.0 Å². The number of ether oxygens (including phenoxy) is 1. The van der Waals surface area contributed by atoms with Gasteiger partial charge in [-0.3, -0.25) is 0 Å². The smallest absolute Gasteiger partial charge is 0.353 e. The molecule has 0 aliphatic rings. The number of nitrogens with zero attached hydrogens (tertiary/aromatic N) is 4. The van der Waals surface area contributed by atoms with E-state index < -0.39 is 0 Å². The van der Waals surface area contributed by atoms with Crippen molar-refractivity contribution in [3.05, 3.63) is 88.3 Å². The molecule has 0 fully saturated rings. The van der Waals surface area contributed by atoms with Gasteiger partial charge in [-0.15, -0.1) is 5.10 Å². The number of aromatic nitrogens is 3. The molecule has 0 radical (unpaired) electrons. The molecule has 7 heteroatoms. The highest BCUT2D eigenvalue weighted by molar-refractivity contribution is 6.01. The van der Waals surface area contributed by atoms with Gasteiger partial charge in [0.25, 0.3) is 0 Å². The number of methoxy groups -OCH3 is 1. The summed E-state index contributed by atoms with van der Waals surface area (Å²) in [6.45, 7) is 2.11. The average molecular weight is 402 g/mol. The Labute approximate surface area is 173 Å². The van der Waals surface area contributed by atoms with Gasteiger partial charge in [0, 0.05) is 12.6 Å². The van der Waals surface area contributed by atoms with Crippen LogP contribution >= 0.6 is 0 Å². The summed E-state index contributed by atoms with van der Waals surface area (Å²) in [5.41, 5.74) is 2.91. The summed E-state index contributed by atoms with van der Waals surface area (Å²) >= 11 is 0. The third kappa shape index (κ3) is 3.69. The van der Waals surface area contributed by atoms with E-state index in [2.05, 4.69) is 34.5 Å². The lowest BCUT2D eigenvalue weighted by atomic mass is 10.0. The maximum absolute atomic E-state index is 12.5. The van der Waals surface area contributed by atoms with Crippen molar-refractivity contribution in [2.24, 2.45) is 12.2 Å². The predicted octanol–water partition coefficient (Wildman–Crippen LogP) is 3.67. The number of aryl methyl sites for hydroxylation is 1. The van der Waals surface area contributed by atoms with Crippen LogP contribution in [-0.2, 0) is 18.5 Å². The molecule has 152 valence electrons. The van der Waals surface area contributed by atoms with Gasteiger partial charge in [0.05, 0.1) is 18.5 Å². The fraction of sp³-hybridized carbons (Fsp3) is 0.174. The maximum atomic E-state index is 12.5. The van der Waals surface area contributed by atoms with E-state index in [1.807, 2.05) is 49.4 Å². The molecule has 7 nitrogen and oxygen atoms in total. The molecular formula is C23H22N4O3. The van der Waals surface area contributed by atoms with Crippen molar-refractivity contribution in [2.75, 3.05) is 7.11 Å². The Kier molecular flexibility index (Phi) is 5.34. The second-order valence-corrected chi connectivity index (χ2v) is 6.87. The van der Waals surface area contributed by atoms with Crippen LogP contribution in [0.1, 0.15) is 18.1 Å². The number of para-hydroxylation sites is 1. The van der Waals surface area contributed by atoms with Gasteiger partial charge in [-0.2, -0.15) is 0 Å². The van der Waals surface area contributed by atoms with Crippen LogP contribution in [0, 0.1) is 0 Å². The highest BCUT2D eigenvalue weighted by atomic mass is 16.6. The molecule has 0 spiro atoms. The molecule has 1 heterocycles. The van der Waals surface area contributed by atoms with Gasteiger partial charge in [0.15, 0.2) is 0 Å². The summed E-state index contributed by atoms with van der Waals surface area (Å²) in [6, 6.07) is 22.0. The standard InChI is InChI=1S/C23H22N4O3/c1-16(18-13-12-17-8-4-5-9-19(17)14-18)25-30-15-20-10-6-7-11-21(20)27-22(29-3)24-26(2)23(27)28/h4-14H,15H2,1-3H3. The number of hydrogen-bond donors (Lipinski definition) is 0. The molecule has 4 rings (SSSR count). The van der Waals surface area contributed by atoms with Crippen LogP contribution < -0.4 is 10.4 Å². The van der Waals surface area contributed by atoms with E-state index in [4.69, 9.17) is 9.57 Å². The minimum Gasteiger partial charge on any atom is -0.467 e. The van der Waals surface area contributed by atoms with Crippen molar-refractivity contribution >= 4 is 16.5 Å². The van der Waals surface area contributed by atoms with E-state index in [0.717, 1.165) is 22.2 Å². The van der Waals surface area contributed by atoms with Gasteiger partial charge in [-0.05, 0) is 35.4 Å². The number of hydrogen-bond acceptors (Lipinski definition) is 5. The molecule has 1 aromatic heterocycles. The largest absolute Gasteiger partial charge is 0.467 e. The SMILES string of the molecule is COc1nn(C)c(=O)n1-c1ccccc1CON=C(C)c1ccc2ccccc2c1. The Morgan fingerprint density at radius 3 is 2.57 bits per heavy atom. The zero-order valence-corrected chi connectivity index (χ0v) is 17.1. The second kappa shape index (κ2) is 8.24. The maximum Gasteiger partial charge on any atom is 0.353 e. The first-order valence-electron chi connectivity index (χ1n) is 9.52. The molecule has 0 saturated carbocycles. The van der Waals surface area contributed by atoms with Crippen LogP contribution in [0.3, 0.4) is 0 Å². The zero-order chi connectivity index (χ0) is 21.1. The minimum absolute atomic E-state index is 0.200. The van der Waals surface area contributed by atoms with Crippen LogP contribution in [0.5, 0.6) is 6.01 Å². The zero-order valence-electron chi connectivity index (χ0n) is 17.1. The van der Waals surface area contributed by atoms with Crippen molar-refractivity contribution in [2.45, 2.75) is 13.5 Å². The van der Waals surface area contributed by atoms with Gasteiger partial charge >= 0.3 is 11.7 Å². The monoisotopic (exact) mass is 402 g/mol. The number of oxime groups is 1. The molecule has 0 aliphatic heterocycles.